The van der Waals surface area contributed by atoms with Crippen molar-refractivity contribution in [2.75, 3.05) is 32.1 Å². The van der Waals surface area contributed by atoms with E-state index < -0.39 is 0 Å². The smallest absolute Gasteiger partial charge is 0.265 e. The number of hydrogen-bond donors (Lipinski definition) is 1. The zero-order valence-electron chi connectivity index (χ0n) is 51.8. The molecule has 4 amide bonds. The number of aromatic nitrogens is 4. The molecule has 2 N–H and O–H groups in total. The van der Waals surface area contributed by atoms with Gasteiger partial charge in [0.15, 0.2) is 6.54 Å². The van der Waals surface area contributed by atoms with Gasteiger partial charge in [0.05, 0.1) is 26.0 Å². The number of imidazole rings is 2. The number of aryl methyl sites for hydroxylation is 2. The van der Waals surface area contributed by atoms with Crippen molar-refractivity contribution in [1.29, 1.82) is 0 Å². The molecule has 2 rings (SSSR count). The molecular formula is C58H112Cl2N10O4. The van der Waals surface area contributed by atoms with Crippen LogP contribution in [0, 0.1) is 0 Å². The van der Waals surface area contributed by atoms with Crippen molar-refractivity contribution in [2.45, 2.75) is 281 Å². The molecule has 0 atom stereocenters. The molecule has 0 bridgehead atoms. The van der Waals surface area contributed by atoms with Gasteiger partial charge in [0.2, 0.25) is 24.0 Å². The van der Waals surface area contributed by atoms with Crippen LogP contribution in [0.2, 0.25) is 0 Å². The van der Waals surface area contributed by atoms with Gasteiger partial charge < -0.3 is 42.3 Å². The summed E-state index contributed by atoms with van der Waals surface area (Å²) < 4.78 is 6.23. The lowest BCUT2D eigenvalue weighted by Gasteiger charge is -2.47. The number of hydrogen-bond acceptors (Lipinski definition) is 7. The van der Waals surface area contributed by atoms with E-state index in [1.54, 1.807) is 0 Å². The van der Waals surface area contributed by atoms with Gasteiger partial charge in [-0.05, 0) is 211 Å². The van der Waals surface area contributed by atoms with Gasteiger partial charge in [0, 0.05) is 63.2 Å². The van der Waals surface area contributed by atoms with Crippen molar-refractivity contribution >= 4 is 35.2 Å². The number of carbonyl (C=O) groups excluding carboxylic acids is 4. The Morgan fingerprint density at radius 1 is 0.486 bits per heavy atom. The molecule has 16 heteroatoms. The lowest BCUT2D eigenvalue weighted by molar-refractivity contribution is -0.684. The number of unbranched alkanes of at least 4 members (excludes halogenated alkanes) is 6. The topological polar surface area (TPSA) is 137 Å². The van der Waals surface area contributed by atoms with E-state index in [1.807, 2.05) is 103 Å². The van der Waals surface area contributed by atoms with Gasteiger partial charge in [-0.1, -0.05) is 19.3 Å². The lowest BCUT2D eigenvalue weighted by atomic mass is 9.95. The predicted molar refractivity (Wildman–Crippen MR) is 305 cm³/mol. The van der Waals surface area contributed by atoms with Crippen molar-refractivity contribution in [3.8, 4) is 0 Å². The molecule has 0 aliphatic rings. The molecule has 74 heavy (non-hydrogen) atoms. The third kappa shape index (κ3) is 27.7. The van der Waals surface area contributed by atoms with Gasteiger partial charge in [-0.2, -0.15) is 0 Å². The zero-order chi connectivity index (χ0) is 57.2. The van der Waals surface area contributed by atoms with Crippen LogP contribution < -0.4 is 22.7 Å². The van der Waals surface area contributed by atoms with E-state index in [2.05, 4.69) is 144 Å². The Morgan fingerprint density at radius 3 is 1.18 bits per heavy atom. The molecule has 432 valence electrons. The number of halogens is 2. The molecule has 0 spiro atoms. The molecule has 0 saturated carbocycles. The molecule has 0 aromatic carbocycles. The molecule has 0 unspecified atom stereocenters. The van der Waals surface area contributed by atoms with Crippen LogP contribution in [0.25, 0.3) is 0 Å². The monoisotopic (exact) mass is 1080 g/mol. The minimum atomic E-state index is -0.337. The van der Waals surface area contributed by atoms with Crippen LogP contribution in [0.4, 0.5) is 0 Å². The Kier molecular flexibility index (Phi) is 30.2. The predicted octanol–water partition coefficient (Wildman–Crippen LogP) is 7.97. The van der Waals surface area contributed by atoms with Gasteiger partial charge in [-0.3, -0.25) is 24.1 Å². The highest BCUT2D eigenvalue weighted by molar-refractivity contribution is 6.27. The van der Waals surface area contributed by atoms with E-state index in [0.717, 1.165) is 51.7 Å². The number of alkyl halides is 1. The summed E-state index contributed by atoms with van der Waals surface area (Å²) in [6, 6.07) is 0. The standard InChI is InChI=1S/C39H75N6O3.C10H20ClNO.C9H17N3.ClH/c1-34(2,3)43(35(4,5)6)31(46)27-41(28-32(47)44(36(7,8)9)37(10,11)12)24-22-20-19-21-23-40-25-26-42(30-40)29-33(48)45(38(13,14)15)39(16,17)18;1-9(2,3)12(8(13)7-11)10(4,5)6;10-5-3-1-2-4-7-12-8-6-11-9-12;/h25-26,30H,19-24,27-29H2,1-18H3;7H2,1-6H3;6,8-9H,1-5,7,10H2;1H/q+1;;;/p-1. The van der Waals surface area contributed by atoms with Crippen molar-refractivity contribution in [1.82, 2.24) is 38.6 Å². The first-order valence-electron chi connectivity index (χ1n) is 27.2. The highest BCUT2D eigenvalue weighted by Gasteiger charge is 2.40. The number of rotatable bonds is 20. The fourth-order valence-corrected chi connectivity index (χ4v) is 11.0. The number of carbonyl (C=O) groups is 4. The van der Waals surface area contributed by atoms with Crippen molar-refractivity contribution < 1.29 is 36.2 Å². The maximum atomic E-state index is 13.8. The number of nitrogens with two attached hydrogens (primary N) is 1. The molecule has 2 aromatic heterocycles. The fraction of sp³-hybridized carbons (Fsp3) is 0.828. The highest BCUT2D eigenvalue weighted by Crippen LogP contribution is 2.29. The minimum absolute atomic E-state index is 0. The van der Waals surface area contributed by atoms with E-state index >= 15 is 0 Å². The fourth-order valence-electron chi connectivity index (χ4n) is 10.9. The van der Waals surface area contributed by atoms with Crippen LogP contribution in [0.1, 0.15) is 218 Å². The molecule has 0 saturated heterocycles. The Hall–Kier alpha value is -3.20. The quantitative estimate of drug-likeness (QED) is 0.0808. The maximum absolute atomic E-state index is 13.8. The second kappa shape index (κ2) is 30.7. The maximum Gasteiger partial charge on any atom is 0.265 e. The molecule has 0 aliphatic heterocycles. The molecule has 2 heterocycles. The molecule has 0 radical (unpaired) electrons. The van der Waals surface area contributed by atoms with Crippen molar-refractivity contribution in [3.63, 3.8) is 0 Å². The van der Waals surface area contributed by atoms with Crippen LogP contribution in [0.3, 0.4) is 0 Å². The summed E-state index contributed by atoms with van der Waals surface area (Å²) in [7, 11) is 0. The molecule has 2 aromatic rings. The number of nitrogens with zero attached hydrogens (tertiary/aromatic N) is 9. The van der Waals surface area contributed by atoms with Crippen LogP contribution in [0.5, 0.6) is 0 Å². The largest absolute Gasteiger partial charge is 1.00 e. The third-order valence-electron chi connectivity index (χ3n) is 11.8. The average molecular weight is 1080 g/mol. The Bertz CT molecular complexity index is 1810. The number of amides is 4. The van der Waals surface area contributed by atoms with E-state index in [0.29, 0.717) is 13.1 Å². The first-order valence-corrected chi connectivity index (χ1v) is 27.8. The van der Waals surface area contributed by atoms with Crippen molar-refractivity contribution in [2.24, 2.45) is 5.73 Å². The Balaban J connectivity index is 0. The molecule has 0 aliphatic carbocycles. The van der Waals surface area contributed by atoms with E-state index in [1.165, 1.54) is 19.3 Å². The van der Waals surface area contributed by atoms with Crippen LogP contribution in [0.15, 0.2) is 37.4 Å². The van der Waals surface area contributed by atoms with Crippen LogP contribution in [-0.4, -0.2) is 139 Å². The second-order valence-electron chi connectivity index (χ2n) is 27.9. The van der Waals surface area contributed by atoms with E-state index in [9.17, 15) is 19.2 Å². The second-order valence-corrected chi connectivity index (χ2v) is 28.1. The van der Waals surface area contributed by atoms with Gasteiger partial charge in [0.1, 0.15) is 18.3 Å². The Morgan fingerprint density at radius 2 is 0.838 bits per heavy atom. The van der Waals surface area contributed by atoms with Crippen LogP contribution >= 0.6 is 11.6 Å². The van der Waals surface area contributed by atoms with E-state index in [4.69, 9.17) is 17.3 Å². The summed E-state index contributed by atoms with van der Waals surface area (Å²) in [6.07, 6.45) is 20.6. The molecular weight excluding hydrogens is 972 g/mol. The third-order valence-corrected chi connectivity index (χ3v) is 12.1. The summed E-state index contributed by atoms with van der Waals surface area (Å²) in [5, 5.41) is 0. The van der Waals surface area contributed by atoms with Gasteiger partial charge in [-0.15, -0.1) is 11.6 Å². The lowest BCUT2D eigenvalue weighted by Crippen LogP contribution is -3.00. The SMILES string of the molecule is CC(C)(C)N(C(=O)CCl)C(C)(C)C.CC(C)(C)N(C(=O)CN(CCCCCCn1cc[n+](CC(=O)N(C(C)(C)C)C(C)(C)C)c1)CC(=O)N(C(C)(C)C)C(C)(C)C)C(C)(C)C.NCCCCCCn1ccnc1.[Cl-]. The molecule has 0 fully saturated rings. The zero-order valence-corrected chi connectivity index (χ0v) is 53.3. The highest BCUT2D eigenvalue weighted by atomic mass is 35.5. The first-order chi connectivity index (χ1) is 32.9. The van der Waals surface area contributed by atoms with Gasteiger partial charge >= 0.3 is 0 Å². The summed E-state index contributed by atoms with van der Waals surface area (Å²) in [4.78, 5) is 66.3. The Labute approximate surface area is 464 Å². The minimum Gasteiger partial charge on any atom is -1.00 e. The van der Waals surface area contributed by atoms with Crippen molar-refractivity contribution in [3.05, 3.63) is 37.4 Å². The van der Waals surface area contributed by atoms with Crippen LogP contribution in [-0.2, 0) is 38.8 Å². The summed E-state index contributed by atoms with van der Waals surface area (Å²) in [5.41, 5.74) is 3.17. The van der Waals surface area contributed by atoms with Gasteiger partial charge in [0.25, 0.3) is 5.91 Å². The summed E-state index contributed by atoms with van der Waals surface area (Å²) in [5.74, 6) is 0.248. The first kappa shape index (κ1) is 72.9. The summed E-state index contributed by atoms with van der Waals surface area (Å²) in [6.45, 7) is 53.7. The molecule has 14 nitrogen and oxygen atoms in total. The average Bonchev–Trinajstić information content (AvgIpc) is 3.84. The van der Waals surface area contributed by atoms with Gasteiger partial charge in [-0.25, -0.2) is 14.1 Å². The summed E-state index contributed by atoms with van der Waals surface area (Å²) >= 11 is 5.57. The van der Waals surface area contributed by atoms with E-state index in [-0.39, 0.29) is 99.3 Å². The normalized spacial score (nSPS) is 12.7.